The Morgan fingerprint density at radius 1 is 1.08 bits per heavy atom. The number of aliphatic hydroxyl groups is 1. The van der Waals surface area contributed by atoms with Crippen molar-refractivity contribution in [1.82, 2.24) is 9.80 Å². The summed E-state index contributed by atoms with van der Waals surface area (Å²) in [5.74, 6) is -1.96. The minimum atomic E-state index is -1.79. The molecule has 198 valence electrons. The molecular weight excluding hydrogens is 486 g/mol. The highest BCUT2D eigenvalue weighted by Crippen LogP contribution is 2.53. The van der Waals surface area contributed by atoms with E-state index in [4.69, 9.17) is 9.47 Å². The van der Waals surface area contributed by atoms with E-state index in [2.05, 4.69) is 11.5 Å². The number of ether oxygens (including phenoxy) is 2. The van der Waals surface area contributed by atoms with E-state index in [1.807, 2.05) is 6.92 Å². The lowest BCUT2D eigenvalue weighted by Gasteiger charge is -2.36. The van der Waals surface area contributed by atoms with Gasteiger partial charge in [0.1, 0.15) is 11.5 Å². The van der Waals surface area contributed by atoms with Gasteiger partial charge in [-0.25, -0.2) is 0 Å². The highest BCUT2D eigenvalue weighted by molar-refractivity contribution is 6.50. The van der Waals surface area contributed by atoms with Crippen molar-refractivity contribution in [2.45, 2.75) is 12.5 Å². The van der Waals surface area contributed by atoms with Crippen molar-refractivity contribution < 1.29 is 29.0 Å². The van der Waals surface area contributed by atoms with Crippen LogP contribution in [0.2, 0.25) is 0 Å². The van der Waals surface area contributed by atoms with E-state index in [9.17, 15) is 19.5 Å². The second-order valence-corrected chi connectivity index (χ2v) is 9.35. The molecule has 1 N–H and O–H groups in total. The van der Waals surface area contributed by atoms with Crippen LogP contribution in [0.25, 0.3) is 5.76 Å². The van der Waals surface area contributed by atoms with Gasteiger partial charge >= 0.3 is 0 Å². The summed E-state index contributed by atoms with van der Waals surface area (Å²) in [5.41, 5.74) is -0.638. The van der Waals surface area contributed by atoms with Gasteiger partial charge in [0.05, 0.1) is 31.1 Å². The van der Waals surface area contributed by atoms with Crippen molar-refractivity contribution in [1.29, 1.82) is 0 Å². The predicted octanol–water partition coefficient (Wildman–Crippen LogP) is 2.53. The number of amides is 2. The Hall–Kier alpha value is -3.95. The Balaban J connectivity index is 1.68. The van der Waals surface area contributed by atoms with Crippen LogP contribution in [-0.4, -0.2) is 85.0 Å². The van der Waals surface area contributed by atoms with Gasteiger partial charge in [-0.15, -0.1) is 6.58 Å². The van der Waals surface area contributed by atoms with E-state index in [0.717, 1.165) is 0 Å². The summed E-state index contributed by atoms with van der Waals surface area (Å²) < 4.78 is 10.9. The third-order valence-electron chi connectivity index (χ3n) is 7.30. The number of hydrogen-bond donors (Lipinski definition) is 1. The number of benzene rings is 2. The molecule has 3 aliphatic rings. The topological polar surface area (TPSA) is 99.6 Å². The van der Waals surface area contributed by atoms with Gasteiger partial charge in [0, 0.05) is 43.9 Å². The molecule has 9 nitrogen and oxygen atoms in total. The third-order valence-corrected chi connectivity index (χ3v) is 7.30. The number of morpholine rings is 1. The fourth-order valence-electron chi connectivity index (χ4n) is 5.56. The van der Waals surface area contributed by atoms with Crippen molar-refractivity contribution in [2.75, 3.05) is 57.4 Å². The monoisotopic (exact) mass is 517 g/mol. The fraction of sp³-hybridized carbons (Fsp3) is 0.345. The summed E-state index contributed by atoms with van der Waals surface area (Å²) >= 11 is 0. The first kappa shape index (κ1) is 25.7. The van der Waals surface area contributed by atoms with Gasteiger partial charge in [0.15, 0.2) is 5.54 Å². The number of Topliss-reactive ketones (excluding diaryl/α,β-unsaturated/α-hetero) is 1. The average molecular weight is 518 g/mol. The number of aliphatic hydroxyl groups excluding tert-OH is 1. The number of carbonyl (C=O) groups is 3. The molecule has 2 amide bonds. The van der Waals surface area contributed by atoms with Gasteiger partial charge in [-0.3, -0.25) is 19.3 Å². The van der Waals surface area contributed by atoms with Crippen molar-refractivity contribution in [3.8, 4) is 5.75 Å². The Bertz CT molecular complexity index is 1300. The number of rotatable bonds is 8. The van der Waals surface area contributed by atoms with E-state index >= 15 is 0 Å². The number of ketones is 1. The first-order valence-electron chi connectivity index (χ1n) is 12.8. The van der Waals surface area contributed by atoms with E-state index in [1.54, 1.807) is 54.6 Å². The maximum absolute atomic E-state index is 14.3. The lowest BCUT2D eigenvalue weighted by Crippen LogP contribution is -2.54. The molecule has 2 aromatic carbocycles. The second-order valence-electron chi connectivity index (χ2n) is 9.35. The number of nitrogens with zero attached hydrogens (tertiary/aromatic N) is 3. The molecule has 0 saturated carbocycles. The largest absolute Gasteiger partial charge is 0.507 e. The molecular formula is C29H31N3O6. The maximum atomic E-state index is 14.3. The van der Waals surface area contributed by atoms with Crippen molar-refractivity contribution in [3.63, 3.8) is 0 Å². The van der Waals surface area contributed by atoms with Gasteiger partial charge in [0.2, 0.25) is 0 Å². The zero-order chi connectivity index (χ0) is 26.9. The van der Waals surface area contributed by atoms with E-state index in [0.29, 0.717) is 62.0 Å². The molecule has 3 heterocycles. The van der Waals surface area contributed by atoms with Crippen molar-refractivity contribution in [2.24, 2.45) is 0 Å². The first-order valence-corrected chi connectivity index (χ1v) is 12.8. The Labute approximate surface area is 221 Å². The molecule has 0 bridgehead atoms. The highest BCUT2D eigenvalue weighted by Gasteiger charge is 2.66. The molecule has 2 saturated heterocycles. The molecule has 0 aromatic heterocycles. The normalized spacial score (nSPS) is 22.8. The lowest BCUT2D eigenvalue weighted by molar-refractivity contribution is -0.144. The quantitative estimate of drug-likeness (QED) is 0.249. The van der Waals surface area contributed by atoms with Crippen LogP contribution in [0.5, 0.6) is 5.75 Å². The van der Waals surface area contributed by atoms with Gasteiger partial charge in [-0.05, 0) is 37.3 Å². The van der Waals surface area contributed by atoms with Gasteiger partial charge in [0.25, 0.3) is 17.6 Å². The van der Waals surface area contributed by atoms with Gasteiger partial charge in [-0.1, -0.05) is 24.3 Å². The molecule has 9 heteroatoms. The fourth-order valence-corrected chi connectivity index (χ4v) is 5.56. The third kappa shape index (κ3) is 3.99. The Morgan fingerprint density at radius 3 is 2.47 bits per heavy atom. The lowest BCUT2D eigenvalue weighted by atomic mass is 9.82. The number of likely N-dealkylation sites (tertiary alicyclic amines) is 1. The maximum Gasteiger partial charge on any atom is 0.296 e. The Kier molecular flexibility index (Phi) is 7.05. The molecule has 2 aromatic rings. The molecule has 5 rings (SSSR count). The van der Waals surface area contributed by atoms with E-state index in [-0.39, 0.29) is 18.7 Å². The number of carbonyl (C=O) groups excluding carboxylic acids is 3. The minimum Gasteiger partial charge on any atom is -0.507 e. The number of hydrogen-bond acceptors (Lipinski definition) is 7. The van der Waals surface area contributed by atoms with E-state index in [1.165, 1.54) is 9.80 Å². The average Bonchev–Trinajstić information content (AvgIpc) is 3.31. The first-order chi connectivity index (χ1) is 18.4. The predicted molar refractivity (Wildman–Crippen MR) is 142 cm³/mol. The molecule has 0 aliphatic carbocycles. The highest BCUT2D eigenvalue weighted by atomic mass is 16.5. The molecule has 3 aliphatic heterocycles. The van der Waals surface area contributed by atoms with Crippen LogP contribution in [0.4, 0.5) is 5.69 Å². The van der Waals surface area contributed by atoms with Gasteiger partial charge in [-0.2, -0.15) is 0 Å². The Morgan fingerprint density at radius 2 is 1.79 bits per heavy atom. The molecule has 0 radical (unpaired) electrons. The van der Waals surface area contributed by atoms with Crippen LogP contribution in [0.15, 0.2) is 66.8 Å². The summed E-state index contributed by atoms with van der Waals surface area (Å²) in [6.07, 6.45) is 1.60. The molecule has 1 spiro atoms. The van der Waals surface area contributed by atoms with Gasteiger partial charge < -0.3 is 24.4 Å². The standard InChI is InChI=1S/C29H31N3O6/c1-3-13-31-23-8-6-5-7-22(23)29(28(31)36)24(25(33)20-9-11-21(12-10-20)38-4-2)26(34)27(35)32(29)15-14-30-16-18-37-19-17-30/h3,5-12,33H,1,4,13-19H2,2H3/t29-/m0/s1. The molecule has 2 fully saturated rings. The summed E-state index contributed by atoms with van der Waals surface area (Å²) in [5, 5.41) is 11.6. The minimum absolute atomic E-state index is 0.132. The smallest absolute Gasteiger partial charge is 0.296 e. The number of fused-ring (bicyclic) bond motifs is 2. The number of para-hydroxylation sites is 1. The summed E-state index contributed by atoms with van der Waals surface area (Å²) in [7, 11) is 0. The van der Waals surface area contributed by atoms with Crippen LogP contribution in [0, 0.1) is 0 Å². The summed E-state index contributed by atoms with van der Waals surface area (Å²) in [4.78, 5) is 46.6. The summed E-state index contributed by atoms with van der Waals surface area (Å²) in [6, 6.07) is 13.7. The molecule has 38 heavy (non-hydrogen) atoms. The number of anilines is 1. The second kappa shape index (κ2) is 10.4. The van der Waals surface area contributed by atoms with Crippen LogP contribution >= 0.6 is 0 Å². The van der Waals surface area contributed by atoms with Crippen LogP contribution in [0.1, 0.15) is 18.1 Å². The zero-order valence-electron chi connectivity index (χ0n) is 21.4. The van der Waals surface area contributed by atoms with Crippen LogP contribution in [-0.2, 0) is 24.7 Å². The SMILES string of the molecule is C=CCN1C(=O)[C@@]2(C(=C(O)c3ccc(OCC)cc3)C(=O)C(=O)N2CCN2CCOCC2)c2ccccc21. The zero-order valence-corrected chi connectivity index (χ0v) is 21.4. The van der Waals surface area contributed by atoms with Crippen molar-refractivity contribution >= 4 is 29.0 Å². The van der Waals surface area contributed by atoms with E-state index < -0.39 is 28.9 Å². The van der Waals surface area contributed by atoms with Crippen LogP contribution < -0.4 is 9.64 Å². The molecule has 1 atom stereocenters. The molecule has 0 unspecified atom stereocenters. The van der Waals surface area contributed by atoms with Crippen LogP contribution in [0.3, 0.4) is 0 Å². The summed E-state index contributed by atoms with van der Waals surface area (Å²) in [6.45, 7) is 9.45. The van der Waals surface area contributed by atoms with Crippen molar-refractivity contribution in [3.05, 3.63) is 77.9 Å².